The number of nitrogens with two attached hydrogens (primary N) is 1. The lowest BCUT2D eigenvalue weighted by molar-refractivity contribution is 0.0803. The fourth-order valence-corrected chi connectivity index (χ4v) is 1.63. The van der Waals surface area contributed by atoms with Crippen molar-refractivity contribution in [3.8, 4) is 0 Å². The number of nitrogens with one attached hydrogen (secondary N) is 1. The monoisotopic (exact) mass is 286 g/mol. The molecule has 1 amide bonds. The van der Waals surface area contributed by atoms with Gasteiger partial charge >= 0.3 is 0 Å². The molecule has 0 saturated heterocycles. The molecule has 3 N–H and O–H groups in total. The second kappa shape index (κ2) is 7.19. The number of nitrogen functional groups attached to an aromatic ring is 1. The van der Waals surface area contributed by atoms with E-state index in [0.29, 0.717) is 19.3 Å². The van der Waals surface area contributed by atoms with E-state index in [1.807, 2.05) is 20.8 Å². The standard InChI is InChI=1S/C14H20F2N2O2/c1-4-20-7-13(8(2)3)18-14(19)9-5-12(17)11(16)6-10(9)15/h5-6,8,13H,4,7,17H2,1-3H3,(H,18,19). The number of carbonyl (C=O) groups is 1. The van der Waals surface area contributed by atoms with Gasteiger partial charge in [-0.05, 0) is 18.9 Å². The Morgan fingerprint density at radius 2 is 2.00 bits per heavy atom. The molecule has 0 bridgehead atoms. The molecule has 0 aliphatic heterocycles. The summed E-state index contributed by atoms with van der Waals surface area (Å²) in [7, 11) is 0. The number of anilines is 1. The maximum atomic E-state index is 13.6. The molecule has 0 heterocycles. The van der Waals surface area contributed by atoms with E-state index >= 15 is 0 Å². The third-order valence-corrected chi connectivity index (χ3v) is 2.95. The highest BCUT2D eigenvalue weighted by atomic mass is 19.1. The summed E-state index contributed by atoms with van der Waals surface area (Å²) in [6, 6.07) is 1.35. The maximum Gasteiger partial charge on any atom is 0.254 e. The minimum absolute atomic E-state index is 0.117. The van der Waals surface area contributed by atoms with Gasteiger partial charge in [0, 0.05) is 12.7 Å². The van der Waals surface area contributed by atoms with E-state index in [0.717, 1.165) is 6.07 Å². The predicted octanol–water partition coefficient (Wildman–Crippen LogP) is 2.34. The summed E-state index contributed by atoms with van der Waals surface area (Å²) in [5.74, 6) is -2.33. The van der Waals surface area contributed by atoms with Gasteiger partial charge in [0.2, 0.25) is 0 Å². The average Bonchev–Trinajstić information content (AvgIpc) is 2.38. The molecule has 1 atom stereocenters. The van der Waals surface area contributed by atoms with Gasteiger partial charge in [-0.15, -0.1) is 0 Å². The zero-order valence-corrected chi connectivity index (χ0v) is 11.9. The quantitative estimate of drug-likeness (QED) is 0.789. The lowest BCUT2D eigenvalue weighted by Gasteiger charge is -2.22. The van der Waals surface area contributed by atoms with Crippen LogP contribution in [-0.4, -0.2) is 25.2 Å². The second-order valence-corrected chi connectivity index (χ2v) is 4.84. The molecule has 1 aromatic carbocycles. The van der Waals surface area contributed by atoms with Crippen LogP contribution in [0.2, 0.25) is 0 Å². The van der Waals surface area contributed by atoms with Gasteiger partial charge in [-0.2, -0.15) is 0 Å². The Bertz CT molecular complexity index is 478. The number of rotatable bonds is 6. The highest BCUT2D eigenvalue weighted by molar-refractivity contribution is 5.95. The number of hydrogen-bond acceptors (Lipinski definition) is 3. The Morgan fingerprint density at radius 3 is 2.55 bits per heavy atom. The molecule has 0 fully saturated rings. The Morgan fingerprint density at radius 1 is 1.35 bits per heavy atom. The van der Waals surface area contributed by atoms with Gasteiger partial charge in [-0.1, -0.05) is 13.8 Å². The maximum absolute atomic E-state index is 13.6. The summed E-state index contributed by atoms with van der Waals surface area (Å²) in [5.41, 5.74) is 4.82. The first-order chi connectivity index (χ1) is 9.36. The van der Waals surface area contributed by atoms with Gasteiger partial charge in [0.1, 0.15) is 11.6 Å². The van der Waals surface area contributed by atoms with Gasteiger partial charge in [0.05, 0.1) is 23.9 Å². The van der Waals surface area contributed by atoms with Crippen molar-refractivity contribution in [2.24, 2.45) is 5.92 Å². The highest BCUT2D eigenvalue weighted by Crippen LogP contribution is 2.17. The fraction of sp³-hybridized carbons (Fsp3) is 0.500. The van der Waals surface area contributed by atoms with Crippen molar-refractivity contribution in [1.29, 1.82) is 0 Å². The van der Waals surface area contributed by atoms with E-state index in [-0.39, 0.29) is 23.2 Å². The lowest BCUT2D eigenvalue weighted by Crippen LogP contribution is -2.42. The predicted molar refractivity (Wildman–Crippen MR) is 73.4 cm³/mol. The van der Waals surface area contributed by atoms with Crippen molar-refractivity contribution in [2.45, 2.75) is 26.8 Å². The summed E-state index contributed by atoms with van der Waals surface area (Å²) in [5, 5.41) is 2.67. The summed E-state index contributed by atoms with van der Waals surface area (Å²) in [6.07, 6.45) is 0. The van der Waals surface area contributed by atoms with Crippen molar-refractivity contribution < 1.29 is 18.3 Å². The Kier molecular flexibility index (Phi) is 5.88. The van der Waals surface area contributed by atoms with Gasteiger partial charge in [-0.3, -0.25) is 4.79 Å². The van der Waals surface area contributed by atoms with E-state index in [2.05, 4.69) is 5.32 Å². The van der Waals surface area contributed by atoms with Crippen molar-refractivity contribution in [3.05, 3.63) is 29.3 Å². The fourth-order valence-electron chi connectivity index (χ4n) is 1.63. The summed E-state index contributed by atoms with van der Waals surface area (Å²) in [6.45, 7) is 6.54. The molecular weight excluding hydrogens is 266 g/mol. The number of amides is 1. The van der Waals surface area contributed by atoms with Crippen LogP contribution in [0, 0.1) is 17.6 Å². The van der Waals surface area contributed by atoms with Crippen molar-refractivity contribution in [1.82, 2.24) is 5.32 Å². The van der Waals surface area contributed by atoms with Crippen molar-refractivity contribution >= 4 is 11.6 Å². The Balaban J connectivity index is 2.86. The molecule has 0 saturated carbocycles. The molecule has 1 rings (SSSR count). The zero-order valence-electron chi connectivity index (χ0n) is 11.9. The topological polar surface area (TPSA) is 64.3 Å². The average molecular weight is 286 g/mol. The van der Waals surface area contributed by atoms with Crippen molar-refractivity contribution in [3.63, 3.8) is 0 Å². The van der Waals surface area contributed by atoms with Crippen LogP contribution in [0.3, 0.4) is 0 Å². The van der Waals surface area contributed by atoms with Gasteiger partial charge in [0.25, 0.3) is 5.91 Å². The molecule has 0 aromatic heterocycles. The number of hydrogen-bond donors (Lipinski definition) is 2. The molecule has 6 heteroatoms. The van der Waals surface area contributed by atoms with Crippen LogP contribution >= 0.6 is 0 Å². The third kappa shape index (κ3) is 4.16. The second-order valence-electron chi connectivity index (χ2n) is 4.84. The molecule has 20 heavy (non-hydrogen) atoms. The van der Waals surface area contributed by atoms with E-state index in [4.69, 9.17) is 10.5 Å². The van der Waals surface area contributed by atoms with Crippen molar-refractivity contribution in [2.75, 3.05) is 18.9 Å². The Labute approximate surface area is 117 Å². The lowest BCUT2D eigenvalue weighted by atomic mass is 10.0. The molecule has 0 aliphatic rings. The number of carbonyl (C=O) groups excluding carboxylic acids is 1. The first-order valence-electron chi connectivity index (χ1n) is 6.49. The van der Waals surface area contributed by atoms with Crippen LogP contribution in [-0.2, 0) is 4.74 Å². The van der Waals surface area contributed by atoms with Crippen LogP contribution in [0.5, 0.6) is 0 Å². The van der Waals surface area contributed by atoms with E-state index in [1.165, 1.54) is 0 Å². The van der Waals surface area contributed by atoms with Crippen LogP contribution < -0.4 is 11.1 Å². The molecule has 4 nitrogen and oxygen atoms in total. The number of ether oxygens (including phenoxy) is 1. The largest absolute Gasteiger partial charge is 0.396 e. The SMILES string of the molecule is CCOCC(NC(=O)c1cc(N)c(F)cc1F)C(C)C. The van der Waals surface area contributed by atoms with Crippen LogP contribution in [0.15, 0.2) is 12.1 Å². The molecular formula is C14H20F2N2O2. The summed E-state index contributed by atoms with van der Waals surface area (Å²) in [4.78, 5) is 12.0. The minimum Gasteiger partial charge on any atom is -0.396 e. The molecule has 1 unspecified atom stereocenters. The van der Waals surface area contributed by atoms with Crippen LogP contribution in [0.25, 0.3) is 0 Å². The highest BCUT2D eigenvalue weighted by Gasteiger charge is 2.20. The van der Waals surface area contributed by atoms with Gasteiger partial charge < -0.3 is 15.8 Å². The number of halogens is 2. The van der Waals surface area contributed by atoms with E-state index < -0.39 is 17.5 Å². The molecule has 0 radical (unpaired) electrons. The third-order valence-electron chi connectivity index (χ3n) is 2.95. The zero-order chi connectivity index (χ0) is 15.3. The van der Waals surface area contributed by atoms with Gasteiger partial charge in [-0.25, -0.2) is 8.78 Å². The summed E-state index contributed by atoms with van der Waals surface area (Å²) >= 11 is 0. The van der Waals surface area contributed by atoms with Crippen LogP contribution in [0.1, 0.15) is 31.1 Å². The molecule has 1 aromatic rings. The summed E-state index contributed by atoms with van der Waals surface area (Å²) < 4.78 is 31.9. The number of benzene rings is 1. The first kappa shape index (κ1) is 16.4. The van der Waals surface area contributed by atoms with Crippen LogP contribution in [0.4, 0.5) is 14.5 Å². The Hall–Kier alpha value is -1.69. The first-order valence-corrected chi connectivity index (χ1v) is 6.49. The molecule has 0 aliphatic carbocycles. The molecule has 112 valence electrons. The van der Waals surface area contributed by atoms with E-state index in [9.17, 15) is 13.6 Å². The smallest absolute Gasteiger partial charge is 0.254 e. The van der Waals surface area contributed by atoms with E-state index in [1.54, 1.807) is 0 Å². The van der Waals surface area contributed by atoms with Gasteiger partial charge in [0.15, 0.2) is 0 Å². The minimum atomic E-state index is -0.937. The molecule has 0 spiro atoms. The normalized spacial score (nSPS) is 12.5.